The zero-order valence-corrected chi connectivity index (χ0v) is 9.05. The van der Waals surface area contributed by atoms with Crippen LogP contribution in [0.15, 0.2) is 24.5 Å². The van der Waals surface area contributed by atoms with Crippen molar-refractivity contribution in [3.8, 4) is 0 Å². The third kappa shape index (κ3) is 3.43. The summed E-state index contributed by atoms with van der Waals surface area (Å²) in [6.07, 6.45) is 3.57. The minimum atomic E-state index is -0.745. The van der Waals surface area contributed by atoms with Crippen LogP contribution in [0.1, 0.15) is 23.2 Å². The summed E-state index contributed by atoms with van der Waals surface area (Å²) >= 11 is 0. The van der Waals surface area contributed by atoms with Crippen LogP contribution in [0.25, 0.3) is 0 Å². The second kappa shape index (κ2) is 5.97. The number of hydrogen-bond donors (Lipinski definition) is 1. The molecule has 1 heterocycles. The average molecular weight is 222 g/mol. The van der Waals surface area contributed by atoms with Gasteiger partial charge in [0.25, 0.3) is 0 Å². The number of ketones is 1. The van der Waals surface area contributed by atoms with Gasteiger partial charge >= 0.3 is 5.97 Å². The van der Waals surface area contributed by atoms with Crippen LogP contribution in [0.4, 0.5) is 0 Å². The van der Waals surface area contributed by atoms with E-state index in [0.717, 1.165) is 0 Å². The fourth-order valence-corrected chi connectivity index (χ4v) is 1.23. The van der Waals surface area contributed by atoms with Crippen molar-refractivity contribution in [2.75, 3.05) is 7.11 Å². The van der Waals surface area contributed by atoms with Gasteiger partial charge in [-0.1, -0.05) is 0 Å². The number of Topliss-reactive ketones (excluding diaryl/α,β-unsaturated/α-hetero) is 1. The lowest BCUT2D eigenvalue weighted by Crippen LogP contribution is -2.32. The lowest BCUT2D eigenvalue weighted by Gasteiger charge is -2.07. The summed E-state index contributed by atoms with van der Waals surface area (Å²) in [5.41, 5.74) is 6.04. The van der Waals surface area contributed by atoms with Crippen LogP contribution in [0.3, 0.4) is 0 Å². The number of rotatable bonds is 5. The quantitative estimate of drug-likeness (QED) is 0.581. The smallest absolute Gasteiger partial charge is 0.322 e. The molecule has 16 heavy (non-hydrogen) atoms. The van der Waals surface area contributed by atoms with Crippen molar-refractivity contribution < 1.29 is 14.3 Å². The van der Waals surface area contributed by atoms with Crippen LogP contribution in [-0.4, -0.2) is 29.9 Å². The second-order valence-electron chi connectivity index (χ2n) is 3.33. The maximum Gasteiger partial charge on any atom is 0.322 e. The van der Waals surface area contributed by atoms with Crippen LogP contribution in [0.2, 0.25) is 0 Å². The summed E-state index contributed by atoms with van der Waals surface area (Å²) in [7, 11) is 1.27. The van der Waals surface area contributed by atoms with Gasteiger partial charge in [0.15, 0.2) is 5.78 Å². The Morgan fingerprint density at radius 2 is 2.31 bits per heavy atom. The van der Waals surface area contributed by atoms with E-state index in [2.05, 4.69) is 9.72 Å². The highest BCUT2D eigenvalue weighted by atomic mass is 16.5. The Bertz CT molecular complexity index is 365. The van der Waals surface area contributed by atoms with Gasteiger partial charge in [-0.3, -0.25) is 14.6 Å². The molecule has 1 atom stereocenters. The van der Waals surface area contributed by atoms with E-state index in [4.69, 9.17) is 5.73 Å². The van der Waals surface area contributed by atoms with Gasteiger partial charge in [-0.05, 0) is 18.6 Å². The summed E-state index contributed by atoms with van der Waals surface area (Å²) in [6.45, 7) is 0. The molecule has 1 aromatic rings. The minimum Gasteiger partial charge on any atom is -0.468 e. The number of carbonyl (C=O) groups excluding carboxylic acids is 2. The van der Waals surface area contributed by atoms with E-state index in [1.165, 1.54) is 13.3 Å². The molecule has 0 amide bonds. The first kappa shape index (κ1) is 12.3. The number of methoxy groups -OCH3 is 1. The number of esters is 1. The zero-order valence-electron chi connectivity index (χ0n) is 9.05. The number of nitrogens with two attached hydrogens (primary N) is 1. The Labute approximate surface area is 93.6 Å². The molecule has 86 valence electrons. The maximum absolute atomic E-state index is 11.6. The molecule has 5 heteroatoms. The van der Waals surface area contributed by atoms with Crippen LogP contribution < -0.4 is 5.73 Å². The molecule has 1 rings (SSSR count). The average Bonchev–Trinajstić information content (AvgIpc) is 2.35. The number of pyridine rings is 1. The summed E-state index contributed by atoms with van der Waals surface area (Å²) in [6, 6.07) is 2.62. The third-order valence-corrected chi connectivity index (χ3v) is 2.17. The molecule has 0 fully saturated rings. The predicted molar refractivity (Wildman–Crippen MR) is 57.8 cm³/mol. The summed E-state index contributed by atoms with van der Waals surface area (Å²) in [4.78, 5) is 26.4. The molecule has 0 aromatic carbocycles. The molecule has 0 aliphatic carbocycles. The second-order valence-corrected chi connectivity index (χ2v) is 3.33. The summed E-state index contributed by atoms with van der Waals surface area (Å²) in [5, 5.41) is 0. The lowest BCUT2D eigenvalue weighted by atomic mass is 10.1. The molecule has 2 N–H and O–H groups in total. The Kier molecular flexibility index (Phi) is 4.60. The zero-order chi connectivity index (χ0) is 12.0. The molecule has 5 nitrogen and oxygen atoms in total. The van der Waals surface area contributed by atoms with Crippen molar-refractivity contribution in [1.82, 2.24) is 4.98 Å². The van der Waals surface area contributed by atoms with Crippen molar-refractivity contribution in [2.24, 2.45) is 5.73 Å². The number of ether oxygens (including phenoxy) is 1. The van der Waals surface area contributed by atoms with Gasteiger partial charge in [-0.25, -0.2) is 0 Å². The molecular weight excluding hydrogens is 208 g/mol. The molecule has 0 saturated carbocycles. The third-order valence-electron chi connectivity index (χ3n) is 2.17. The largest absolute Gasteiger partial charge is 0.468 e. The molecule has 0 aliphatic heterocycles. The molecular formula is C11H14N2O3. The highest BCUT2D eigenvalue weighted by Crippen LogP contribution is 2.05. The standard InChI is InChI=1S/C11H14N2O3/c1-16-11(15)9(12)4-5-10(14)8-3-2-6-13-7-8/h2-3,6-7,9H,4-5,12H2,1H3/t9-/m0/s1. The lowest BCUT2D eigenvalue weighted by molar-refractivity contribution is -0.142. The molecule has 0 bridgehead atoms. The number of nitrogens with zero attached hydrogens (tertiary/aromatic N) is 1. The number of aromatic nitrogens is 1. The van der Waals surface area contributed by atoms with E-state index in [0.29, 0.717) is 5.56 Å². The van der Waals surface area contributed by atoms with Crippen LogP contribution >= 0.6 is 0 Å². The van der Waals surface area contributed by atoms with Crippen molar-refractivity contribution in [3.05, 3.63) is 30.1 Å². The Morgan fingerprint density at radius 3 is 2.88 bits per heavy atom. The monoisotopic (exact) mass is 222 g/mol. The number of carbonyl (C=O) groups is 2. The Balaban J connectivity index is 2.45. The van der Waals surface area contributed by atoms with Crippen molar-refractivity contribution in [1.29, 1.82) is 0 Å². The van der Waals surface area contributed by atoms with Crippen LogP contribution in [0.5, 0.6) is 0 Å². The van der Waals surface area contributed by atoms with Crippen molar-refractivity contribution in [3.63, 3.8) is 0 Å². The van der Waals surface area contributed by atoms with Crippen molar-refractivity contribution >= 4 is 11.8 Å². The first-order chi connectivity index (χ1) is 7.65. The molecule has 0 unspecified atom stereocenters. The Morgan fingerprint density at radius 1 is 1.56 bits per heavy atom. The van der Waals surface area contributed by atoms with E-state index < -0.39 is 12.0 Å². The van der Waals surface area contributed by atoms with Gasteiger partial charge < -0.3 is 10.5 Å². The van der Waals surface area contributed by atoms with Crippen LogP contribution in [0, 0.1) is 0 Å². The molecule has 0 aliphatic rings. The van der Waals surface area contributed by atoms with Gasteiger partial charge in [-0.15, -0.1) is 0 Å². The first-order valence-electron chi connectivity index (χ1n) is 4.91. The molecule has 1 aromatic heterocycles. The molecule has 0 saturated heterocycles. The van der Waals surface area contributed by atoms with Crippen molar-refractivity contribution in [2.45, 2.75) is 18.9 Å². The van der Waals surface area contributed by atoms with Crippen LogP contribution in [-0.2, 0) is 9.53 Å². The fourth-order valence-electron chi connectivity index (χ4n) is 1.23. The Hall–Kier alpha value is -1.75. The molecule has 0 radical (unpaired) electrons. The summed E-state index contributed by atoms with van der Waals surface area (Å²) in [5.74, 6) is -0.577. The van der Waals surface area contributed by atoms with E-state index in [1.807, 2.05) is 0 Å². The van der Waals surface area contributed by atoms with Gasteiger partial charge in [-0.2, -0.15) is 0 Å². The highest BCUT2D eigenvalue weighted by Gasteiger charge is 2.15. The SMILES string of the molecule is COC(=O)[C@@H](N)CCC(=O)c1cccnc1. The predicted octanol–water partition coefficient (Wildman–Crippen LogP) is 0.545. The van der Waals surface area contributed by atoms with E-state index in [9.17, 15) is 9.59 Å². The summed E-state index contributed by atoms with van der Waals surface area (Å²) < 4.78 is 4.46. The van der Waals surface area contributed by atoms with Gasteiger partial charge in [0.2, 0.25) is 0 Å². The van der Waals surface area contributed by atoms with E-state index >= 15 is 0 Å². The first-order valence-corrected chi connectivity index (χ1v) is 4.91. The fraction of sp³-hybridized carbons (Fsp3) is 0.364. The normalized spacial score (nSPS) is 11.9. The highest BCUT2D eigenvalue weighted by molar-refractivity contribution is 5.96. The minimum absolute atomic E-state index is 0.0764. The van der Waals surface area contributed by atoms with Gasteiger partial charge in [0, 0.05) is 24.4 Å². The maximum atomic E-state index is 11.6. The topological polar surface area (TPSA) is 82.3 Å². The number of hydrogen-bond acceptors (Lipinski definition) is 5. The van der Waals surface area contributed by atoms with Gasteiger partial charge in [0.05, 0.1) is 7.11 Å². The molecule has 0 spiro atoms. The van der Waals surface area contributed by atoms with E-state index in [1.54, 1.807) is 18.3 Å². The van der Waals surface area contributed by atoms with E-state index in [-0.39, 0.29) is 18.6 Å². The van der Waals surface area contributed by atoms with Gasteiger partial charge in [0.1, 0.15) is 6.04 Å².